The Morgan fingerprint density at radius 3 is 2.81 bits per heavy atom. The second-order valence-electron chi connectivity index (χ2n) is 5.45. The molecule has 6 nitrogen and oxygen atoms in total. The molecule has 110 valence electrons. The Morgan fingerprint density at radius 1 is 1.38 bits per heavy atom. The minimum Gasteiger partial charge on any atom is -0.387 e. The van der Waals surface area contributed by atoms with Gasteiger partial charge < -0.3 is 15.4 Å². The lowest BCUT2D eigenvalue weighted by molar-refractivity contribution is -0.119. The van der Waals surface area contributed by atoms with Crippen LogP contribution < -0.4 is 10.6 Å². The summed E-state index contributed by atoms with van der Waals surface area (Å²) >= 11 is 0. The van der Waals surface area contributed by atoms with Crippen LogP contribution in [0.25, 0.3) is 0 Å². The lowest BCUT2D eigenvalue weighted by Gasteiger charge is -2.34. The molecule has 2 atom stereocenters. The molecule has 3 N–H and O–H groups in total. The van der Waals surface area contributed by atoms with E-state index in [1.54, 1.807) is 29.2 Å². The number of anilines is 1. The number of carbonyl (C=O) groups is 2. The third-order valence-electron chi connectivity index (χ3n) is 4.01. The van der Waals surface area contributed by atoms with Gasteiger partial charge in [0.1, 0.15) is 5.84 Å². The van der Waals surface area contributed by atoms with Gasteiger partial charge in [-0.2, -0.15) is 0 Å². The topological polar surface area (TPSA) is 96.5 Å². The number of hydrogen-bond donors (Lipinski definition) is 2. The maximum atomic E-state index is 12.6. The number of hydrogen-bond acceptors (Lipinski definition) is 4. The number of amides is 1. The van der Waals surface area contributed by atoms with Gasteiger partial charge in [0.15, 0.2) is 11.7 Å². The van der Waals surface area contributed by atoms with Gasteiger partial charge in [-0.3, -0.25) is 15.0 Å². The number of carbonyl (C=O) groups excluding carboxylic acids is 2. The Kier molecular flexibility index (Phi) is 3.47. The second kappa shape index (κ2) is 5.29. The van der Waals surface area contributed by atoms with Crippen LogP contribution in [0.15, 0.2) is 24.3 Å². The Bertz CT molecular complexity index is 608. The lowest BCUT2D eigenvalue weighted by Crippen LogP contribution is -2.51. The van der Waals surface area contributed by atoms with Gasteiger partial charge in [0.2, 0.25) is 5.91 Å². The van der Waals surface area contributed by atoms with E-state index in [2.05, 4.69) is 0 Å². The Balaban J connectivity index is 2.00. The summed E-state index contributed by atoms with van der Waals surface area (Å²) in [6.45, 7) is 1.81. The molecule has 2 heterocycles. The lowest BCUT2D eigenvalue weighted by atomic mass is 9.88. The highest BCUT2D eigenvalue weighted by atomic mass is 16.5. The van der Waals surface area contributed by atoms with Crippen LogP contribution in [0.5, 0.6) is 0 Å². The first-order chi connectivity index (χ1) is 10.1. The summed E-state index contributed by atoms with van der Waals surface area (Å²) in [5.74, 6) is -2.13. The zero-order valence-corrected chi connectivity index (χ0v) is 11.5. The van der Waals surface area contributed by atoms with Crippen molar-refractivity contribution >= 4 is 23.2 Å². The molecule has 1 fully saturated rings. The number of rotatable bonds is 3. The molecule has 0 aromatic heterocycles. The number of ketones is 1. The summed E-state index contributed by atoms with van der Waals surface area (Å²) in [4.78, 5) is 26.5. The average molecular weight is 287 g/mol. The number of nitrogens with two attached hydrogens (primary N) is 1. The minimum absolute atomic E-state index is 0.253. The molecule has 1 aromatic rings. The molecular formula is C15H17N3O3. The molecule has 6 heteroatoms. The normalized spacial score (nSPS) is 25.0. The molecule has 2 aliphatic rings. The Hall–Kier alpha value is -2.21. The monoisotopic (exact) mass is 287 g/mol. The van der Waals surface area contributed by atoms with Crippen molar-refractivity contribution in [3.8, 4) is 0 Å². The van der Waals surface area contributed by atoms with Crippen molar-refractivity contribution in [1.82, 2.24) is 0 Å². The maximum Gasteiger partial charge on any atom is 0.245 e. The van der Waals surface area contributed by atoms with E-state index in [4.69, 9.17) is 15.9 Å². The van der Waals surface area contributed by atoms with Crippen LogP contribution in [0.1, 0.15) is 16.8 Å². The first kappa shape index (κ1) is 13.8. The standard InChI is InChI=1S/C15H17N3O3/c16-14(17)12-13(19)10-3-1-2-4-11(10)18(15(12)20)7-9-5-6-21-8-9/h1-4,9,12H,5-8H2,(H3,16,17). The average Bonchev–Trinajstić information content (AvgIpc) is 2.96. The molecular weight excluding hydrogens is 270 g/mol. The summed E-state index contributed by atoms with van der Waals surface area (Å²) in [6.07, 6.45) is 0.893. The first-order valence-corrected chi connectivity index (χ1v) is 6.96. The van der Waals surface area contributed by atoms with Gasteiger partial charge in [-0.25, -0.2) is 0 Å². The van der Waals surface area contributed by atoms with Crippen LogP contribution in [0.3, 0.4) is 0 Å². The van der Waals surface area contributed by atoms with E-state index in [1.165, 1.54) is 0 Å². The summed E-state index contributed by atoms with van der Waals surface area (Å²) in [7, 11) is 0. The van der Waals surface area contributed by atoms with E-state index in [0.29, 0.717) is 31.0 Å². The van der Waals surface area contributed by atoms with Gasteiger partial charge in [0.05, 0.1) is 12.3 Å². The molecule has 3 rings (SSSR count). The van der Waals surface area contributed by atoms with Crippen molar-refractivity contribution in [2.24, 2.45) is 17.6 Å². The third kappa shape index (κ3) is 2.31. The summed E-state index contributed by atoms with van der Waals surface area (Å²) in [6, 6.07) is 6.99. The number of ether oxygens (including phenoxy) is 1. The molecule has 1 saturated heterocycles. The van der Waals surface area contributed by atoms with Crippen molar-refractivity contribution in [3.05, 3.63) is 29.8 Å². The quantitative estimate of drug-likeness (QED) is 0.488. The predicted octanol–water partition coefficient (Wildman–Crippen LogP) is 0.805. The Morgan fingerprint density at radius 2 is 2.14 bits per heavy atom. The van der Waals surface area contributed by atoms with Crippen molar-refractivity contribution in [2.45, 2.75) is 6.42 Å². The summed E-state index contributed by atoms with van der Waals surface area (Å²) < 4.78 is 5.35. The van der Waals surface area contributed by atoms with E-state index in [9.17, 15) is 9.59 Å². The predicted molar refractivity (Wildman–Crippen MR) is 77.5 cm³/mol. The molecule has 0 spiro atoms. The molecule has 2 aliphatic heterocycles. The summed E-state index contributed by atoms with van der Waals surface area (Å²) in [5.41, 5.74) is 6.53. The third-order valence-corrected chi connectivity index (χ3v) is 4.01. The number of para-hydroxylation sites is 1. The fourth-order valence-electron chi connectivity index (χ4n) is 2.91. The van der Waals surface area contributed by atoms with Crippen LogP contribution in [0.2, 0.25) is 0 Å². The number of fused-ring (bicyclic) bond motifs is 1. The number of nitrogens with one attached hydrogen (secondary N) is 1. The fraction of sp³-hybridized carbons (Fsp3) is 0.400. The molecule has 2 unspecified atom stereocenters. The fourth-order valence-corrected chi connectivity index (χ4v) is 2.91. The van der Waals surface area contributed by atoms with E-state index in [0.717, 1.165) is 6.42 Å². The highest BCUT2D eigenvalue weighted by molar-refractivity contribution is 6.31. The van der Waals surface area contributed by atoms with Gasteiger partial charge in [-0.1, -0.05) is 12.1 Å². The molecule has 1 aromatic carbocycles. The molecule has 0 bridgehead atoms. The van der Waals surface area contributed by atoms with Crippen LogP contribution in [0.4, 0.5) is 5.69 Å². The van der Waals surface area contributed by atoms with E-state index in [-0.39, 0.29) is 11.7 Å². The van der Waals surface area contributed by atoms with Gasteiger partial charge in [0.25, 0.3) is 0 Å². The Labute approximate surface area is 122 Å². The minimum atomic E-state index is -1.19. The van der Waals surface area contributed by atoms with Gasteiger partial charge in [-0.05, 0) is 18.6 Å². The van der Waals surface area contributed by atoms with Crippen LogP contribution in [0, 0.1) is 17.2 Å². The van der Waals surface area contributed by atoms with E-state index >= 15 is 0 Å². The van der Waals surface area contributed by atoms with Crippen molar-refractivity contribution < 1.29 is 14.3 Å². The molecule has 0 saturated carbocycles. The van der Waals surface area contributed by atoms with Gasteiger partial charge >= 0.3 is 0 Å². The maximum absolute atomic E-state index is 12.6. The molecule has 0 aliphatic carbocycles. The van der Waals surface area contributed by atoms with E-state index < -0.39 is 17.7 Å². The number of amidine groups is 1. The number of nitrogens with zero attached hydrogens (tertiary/aromatic N) is 1. The largest absolute Gasteiger partial charge is 0.387 e. The SMILES string of the molecule is N=C(N)C1C(=O)c2ccccc2N(CC2CCOC2)C1=O. The summed E-state index contributed by atoms with van der Waals surface area (Å²) in [5, 5.41) is 7.55. The molecule has 21 heavy (non-hydrogen) atoms. The molecule has 0 radical (unpaired) electrons. The van der Waals surface area contributed by atoms with Crippen molar-refractivity contribution in [3.63, 3.8) is 0 Å². The highest BCUT2D eigenvalue weighted by Crippen LogP contribution is 2.32. The highest BCUT2D eigenvalue weighted by Gasteiger charge is 2.41. The number of Topliss-reactive ketones (excluding diaryl/α,β-unsaturated/α-hetero) is 1. The zero-order chi connectivity index (χ0) is 15.0. The van der Waals surface area contributed by atoms with Crippen LogP contribution in [-0.4, -0.2) is 37.3 Å². The van der Waals surface area contributed by atoms with Crippen molar-refractivity contribution in [2.75, 3.05) is 24.7 Å². The van der Waals surface area contributed by atoms with Gasteiger partial charge in [-0.15, -0.1) is 0 Å². The zero-order valence-electron chi connectivity index (χ0n) is 11.5. The van der Waals surface area contributed by atoms with Crippen LogP contribution >= 0.6 is 0 Å². The van der Waals surface area contributed by atoms with Crippen LogP contribution in [-0.2, 0) is 9.53 Å². The number of benzene rings is 1. The van der Waals surface area contributed by atoms with Crippen molar-refractivity contribution in [1.29, 1.82) is 5.41 Å². The first-order valence-electron chi connectivity index (χ1n) is 6.96. The smallest absolute Gasteiger partial charge is 0.245 e. The van der Waals surface area contributed by atoms with Gasteiger partial charge in [0, 0.05) is 24.6 Å². The molecule has 1 amide bonds. The van der Waals surface area contributed by atoms with E-state index in [1.807, 2.05) is 0 Å². The second-order valence-corrected chi connectivity index (χ2v) is 5.45.